The molecule has 0 fully saturated rings. The van der Waals surface area contributed by atoms with Gasteiger partial charge in [-0.05, 0) is 12.5 Å². The van der Waals surface area contributed by atoms with Crippen molar-refractivity contribution in [1.29, 1.82) is 0 Å². The Morgan fingerprint density at radius 1 is 1.21 bits per heavy atom. The maximum Gasteiger partial charge on any atom is 0.262 e. The molecule has 1 rings (SSSR count). The van der Waals surface area contributed by atoms with Crippen molar-refractivity contribution >= 4 is 0 Å². The average molecular weight is 196 g/mol. The molecule has 0 radical (unpaired) electrons. The molecule has 0 amide bonds. The molecule has 1 atom stereocenters. The SMILES string of the molecule is Cc1cc(C)[n+](C(O)CCO)c(C)c1. The molecule has 0 aromatic carbocycles. The minimum Gasteiger partial charge on any atom is -0.396 e. The monoisotopic (exact) mass is 196 g/mol. The van der Waals surface area contributed by atoms with E-state index in [2.05, 4.69) is 0 Å². The van der Waals surface area contributed by atoms with Gasteiger partial charge in [-0.2, -0.15) is 4.57 Å². The molecule has 0 spiro atoms. The minimum absolute atomic E-state index is 0.000916. The third-order valence-corrected chi connectivity index (χ3v) is 2.32. The second kappa shape index (κ2) is 4.53. The summed E-state index contributed by atoms with van der Waals surface area (Å²) < 4.78 is 1.84. The van der Waals surface area contributed by atoms with Crippen LogP contribution in [0.15, 0.2) is 12.1 Å². The van der Waals surface area contributed by atoms with E-state index in [1.165, 1.54) is 5.56 Å². The molecule has 0 saturated heterocycles. The molecule has 0 saturated carbocycles. The van der Waals surface area contributed by atoms with Gasteiger partial charge in [-0.15, -0.1) is 0 Å². The van der Waals surface area contributed by atoms with Crippen molar-refractivity contribution in [3.8, 4) is 0 Å². The molecule has 1 heterocycles. The summed E-state index contributed by atoms with van der Waals surface area (Å²) in [6.07, 6.45) is -0.254. The zero-order valence-electron chi connectivity index (χ0n) is 8.99. The topological polar surface area (TPSA) is 44.3 Å². The van der Waals surface area contributed by atoms with Crippen molar-refractivity contribution in [3.05, 3.63) is 29.1 Å². The number of aromatic nitrogens is 1. The van der Waals surface area contributed by atoms with Gasteiger partial charge in [0.25, 0.3) is 6.23 Å². The van der Waals surface area contributed by atoms with Crippen molar-refractivity contribution < 1.29 is 14.8 Å². The quantitative estimate of drug-likeness (QED) is 0.701. The fraction of sp³-hybridized carbons (Fsp3) is 0.545. The fourth-order valence-electron chi connectivity index (χ4n) is 1.83. The van der Waals surface area contributed by atoms with Crippen molar-refractivity contribution in [3.63, 3.8) is 0 Å². The Morgan fingerprint density at radius 3 is 2.14 bits per heavy atom. The summed E-state index contributed by atoms with van der Waals surface area (Å²) in [7, 11) is 0. The van der Waals surface area contributed by atoms with Gasteiger partial charge in [-0.1, -0.05) is 0 Å². The first-order valence-corrected chi connectivity index (χ1v) is 4.84. The zero-order chi connectivity index (χ0) is 10.7. The zero-order valence-corrected chi connectivity index (χ0v) is 8.99. The molecule has 0 aliphatic rings. The van der Waals surface area contributed by atoms with Gasteiger partial charge in [0.05, 0.1) is 13.0 Å². The van der Waals surface area contributed by atoms with E-state index in [4.69, 9.17) is 5.11 Å². The lowest BCUT2D eigenvalue weighted by Gasteiger charge is -2.10. The maximum atomic E-state index is 9.78. The second-order valence-electron chi connectivity index (χ2n) is 3.68. The van der Waals surface area contributed by atoms with Gasteiger partial charge in [0.1, 0.15) is 0 Å². The first-order chi connectivity index (χ1) is 6.56. The molecule has 1 aromatic rings. The van der Waals surface area contributed by atoms with Gasteiger partial charge < -0.3 is 10.2 Å². The van der Waals surface area contributed by atoms with Crippen molar-refractivity contribution in [2.45, 2.75) is 33.4 Å². The van der Waals surface area contributed by atoms with Crippen LogP contribution in [0.25, 0.3) is 0 Å². The Kier molecular flexibility index (Phi) is 3.61. The highest BCUT2D eigenvalue weighted by Crippen LogP contribution is 2.06. The second-order valence-corrected chi connectivity index (χ2v) is 3.68. The smallest absolute Gasteiger partial charge is 0.262 e. The Bertz CT molecular complexity index is 300. The Labute approximate surface area is 84.6 Å². The lowest BCUT2D eigenvalue weighted by molar-refractivity contribution is -0.770. The molecule has 0 aliphatic heterocycles. The third kappa shape index (κ3) is 2.30. The fourth-order valence-corrected chi connectivity index (χ4v) is 1.83. The van der Waals surface area contributed by atoms with Crippen LogP contribution in [0, 0.1) is 20.8 Å². The van der Waals surface area contributed by atoms with Crippen LogP contribution in [-0.2, 0) is 0 Å². The van der Waals surface area contributed by atoms with Crippen molar-refractivity contribution in [2.24, 2.45) is 0 Å². The highest BCUT2D eigenvalue weighted by Gasteiger charge is 2.20. The number of hydrogen-bond acceptors (Lipinski definition) is 2. The molecular weight excluding hydrogens is 178 g/mol. The van der Waals surface area contributed by atoms with Gasteiger partial charge in [-0.25, -0.2) is 0 Å². The number of aryl methyl sites for hydroxylation is 3. The van der Waals surface area contributed by atoms with Crippen LogP contribution in [0.2, 0.25) is 0 Å². The van der Waals surface area contributed by atoms with Crippen molar-refractivity contribution in [2.75, 3.05) is 6.61 Å². The van der Waals surface area contributed by atoms with E-state index >= 15 is 0 Å². The van der Waals surface area contributed by atoms with Gasteiger partial charge in [0, 0.05) is 26.0 Å². The molecule has 14 heavy (non-hydrogen) atoms. The van der Waals surface area contributed by atoms with E-state index in [-0.39, 0.29) is 6.61 Å². The summed E-state index contributed by atoms with van der Waals surface area (Å²) >= 11 is 0. The number of hydrogen-bond donors (Lipinski definition) is 2. The van der Waals surface area contributed by atoms with Crippen LogP contribution in [0.4, 0.5) is 0 Å². The van der Waals surface area contributed by atoms with E-state index < -0.39 is 6.23 Å². The molecule has 3 nitrogen and oxygen atoms in total. The number of nitrogens with zero attached hydrogens (tertiary/aromatic N) is 1. The number of pyridine rings is 1. The molecular formula is C11H18NO2+. The minimum atomic E-state index is -0.624. The molecule has 0 aliphatic carbocycles. The van der Waals surface area contributed by atoms with E-state index in [9.17, 15) is 5.11 Å². The summed E-state index contributed by atoms with van der Waals surface area (Å²) in [6, 6.07) is 4.04. The first kappa shape index (κ1) is 11.1. The normalized spacial score (nSPS) is 12.9. The third-order valence-electron chi connectivity index (χ3n) is 2.32. The summed E-state index contributed by atoms with van der Waals surface area (Å²) in [5.74, 6) is 0. The first-order valence-electron chi connectivity index (χ1n) is 4.84. The Hall–Kier alpha value is -0.930. The lowest BCUT2D eigenvalue weighted by Crippen LogP contribution is -2.45. The van der Waals surface area contributed by atoms with Crippen LogP contribution < -0.4 is 4.57 Å². The van der Waals surface area contributed by atoms with Gasteiger partial charge >= 0.3 is 0 Å². The van der Waals surface area contributed by atoms with Gasteiger partial charge in [0.2, 0.25) is 0 Å². The molecule has 3 heteroatoms. The number of rotatable bonds is 3. The highest BCUT2D eigenvalue weighted by atomic mass is 16.3. The highest BCUT2D eigenvalue weighted by molar-refractivity contribution is 5.13. The van der Waals surface area contributed by atoms with Gasteiger partial charge in [-0.3, -0.25) is 0 Å². The van der Waals surface area contributed by atoms with Crippen LogP contribution in [-0.4, -0.2) is 16.8 Å². The predicted molar refractivity (Wildman–Crippen MR) is 53.8 cm³/mol. The predicted octanol–water partition coefficient (Wildman–Crippen LogP) is 0.773. The molecule has 1 unspecified atom stereocenters. The summed E-state index contributed by atoms with van der Waals surface area (Å²) in [6.45, 7) is 5.95. The van der Waals surface area contributed by atoms with E-state index in [0.717, 1.165) is 11.4 Å². The van der Waals surface area contributed by atoms with Gasteiger partial charge in [0.15, 0.2) is 11.4 Å². The lowest BCUT2D eigenvalue weighted by atomic mass is 10.2. The summed E-state index contributed by atoms with van der Waals surface area (Å²) in [5, 5.41) is 18.5. The summed E-state index contributed by atoms with van der Waals surface area (Å²) in [4.78, 5) is 0. The molecule has 2 N–H and O–H groups in total. The molecule has 1 aromatic heterocycles. The van der Waals surface area contributed by atoms with E-state index in [1.54, 1.807) is 0 Å². The van der Waals surface area contributed by atoms with Crippen molar-refractivity contribution in [1.82, 2.24) is 0 Å². The van der Waals surface area contributed by atoms with E-state index in [1.807, 2.05) is 37.5 Å². The van der Waals surface area contributed by atoms with E-state index in [0.29, 0.717) is 6.42 Å². The van der Waals surface area contributed by atoms with Crippen LogP contribution in [0.3, 0.4) is 0 Å². The maximum absolute atomic E-state index is 9.78. The number of aliphatic hydroxyl groups is 2. The van der Waals surface area contributed by atoms with Crippen LogP contribution in [0.1, 0.15) is 29.6 Å². The largest absolute Gasteiger partial charge is 0.396 e. The molecule has 78 valence electrons. The summed E-state index contributed by atoms with van der Waals surface area (Å²) in [5.41, 5.74) is 3.22. The Morgan fingerprint density at radius 2 is 1.71 bits per heavy atom. The Balaban J connectivity index is 3.07. The molecule has 0 bridgehead atoms. The van der Waals surface area contributed by atoms with Crippen LogP contribution in [0.5, 0.6) is 0 Å². The number of aliphatic hydroxyl groups excluding tert-OH is 2. The van der Waals surface area contributed by atoms with Crippen LogP contribution >= 0.6 is 0 Å². The average Bonchev–Trinajstić information content (AvgIpc) is 2.01. The standard InChI is InChI=1S/C11H18NO2/c1-8-6-9(2)12(10(3)7-8)11(14)4-5-13/h6-7,11,13-14H,4-5H2,1-3H3/q+1.